The standard InChI is InChI=1S/C7H15NO/c1-2-6-9-7-4-3-5-8/h3-4H,2,5-8H2,1H3/b4-3+. The molecule has 0 bridgehead atoms. The Morgan fingerprint density at radius 1 is 1.44 bits per heavy atom. The number of rotatable bonds is 5. The van der Waals surface area contributed by atoms with E-state index in [1.54, 1.807) is 0 Å². The fourth-order valence-electron chi connectivity index (χ4n) is 0.460. The van der Waals surface area contributed by atoms with Crippen molar-refractivity contribution in [1.29, 1.82) is 0 Å². The van der Waals surface area contributed by atoms with Crippen LogP contribution >= 0.6 is 0 Å². The quantitative estimate of drug-likeness (QED) is 0.442. The Hall–Kier alpha value is -0.340. The summed E-state index contributed by atoms with van der Waals surface area (Å²) in [7, 11) is 0. The molecular formula is C7H15NO. The first-order chi connectivity index (χ1) is 4.41. The summed E-state index contributed by atoms with van der Waals surface area (Å²) in [6, 6.07) is 0. The van der Waals surface area contributed by atoms with Crippen LogP contribution in [-0.2, 0) is 4.74 Å². The molecule has 0 spiro atoms. The average Bonchev–Trinajstić information content (AvgIpc) is 1.89. The van der Waals surface area contributed by atoms with E-state index in [0.29, 0.717) is 13.2 Å². The summed E-state index contributed by atoms with van der Waals surface area (Å²) in [4.78, 5) is 0. The fourth-order valence-corrected chi connectivity index (χ4v) is 0.460. The summed E-state index contributed by atoms with van der Waals surface area (Å²) >= 11 is 0. The third-order valence-electron chi connectivity index (χ3n) is 0.865. The van der Waals surface area contributed by atoms with Crippen LogP contribution in [0.1, 0.15) is 13.3 Å². The molecule has 2 nitrogen and oxygen atoms in total. The summed E-state index contributed by atoms with van der Waals surface area (Å²) in [6.07, 6.45) is 4.92. The van der Waals surface area contributed by atoms with Crippen LogP contribution in [0, 0.1) is 0 Å². The monoisotopic (exact) mass is 129 g/mol. The molecule has 0 saturated carbocycles. The minimum absolute atomic E-state index is 0.607. The van der Waals surface area contributed by atoms with Crippen LogP contribution in [-0.4, -0.2) is 19.8 Å². The Morgan fingerprint density at radius 2 is 2.22 bits per heavy atom. The maximum atomic E-state index is 5.20. The van der Waals surface area contributed by atoms with Gasteiger partial charge in [0.2, 0.25) is 0 Å². The van der Waals surface area contributed by atoms with E-state index in [9.17, 15) is 0 Å². The molecule has 0 aromatic rings. The molecule has 0 aromatic carbocycles. The molecule has 0 saturated heterocycles. The fraction of sp³-hybridized carbons (Fsp3) is 0.714. The molecule has 0 aliphatic heterocycles. The van der Waals surface area contributed by atoms with Gasteiger partial charge < -0.3 is 10.5 Å². The van der Waals surface area contributed by atoms with E-state index in [1.165, 1.54) is 0 Å². The van der Waals surface area contributed by atoms with Crippen molar-refractivity contribution in [3.63, 3.8) is 0 Å². The van der Waals surface area contributed by atoms with E-state index < -0.39 is 0 Å². The second-order valence-corrected chi connectivity index (χ2v) is 1.78. The molecule has 9 heavy (non-hydrogen) atoms. The van der Waals surface area contributed by atoms with Gasteiger partial charge in [-0.25, -0.2) is 0 Å². The Bertz CT molecular complexity index is 71.3. The predicted molar refractivity (Wildman–Crippen MR) is 39.3 cm³/mol. The molecule has 0 rings (SSSR count). The normalized spacial score (nSPS) is 10.9. The van der Waals surface area contributed by atoms with Crippen molar-refractivity contribution < 1.29 is 4.74 Å². The summed E-state index contributed by atoms with van der Waals surface area (Å²) in [6.45, 7) is 4.24. The van der Waals surface area contributed by atoms with Crippen LogP contribution in [0.25, 0.3) is 0 Å². The number of hydrogen-bond acceptors (Lipinski definition) is 2. The molecule has 0 atom stereocenters. The molecule has 54 valence electrons. The molecule has 0 fully saturated rings. The van der Waals surface area contributed by atoms with E-state index in [0.717, 1.165) is 13.0 Å². The minimum atomic E-state index is 0.607. The van der Waals surface area contributed by atoms with Gasteiger partial charge in [-0.05, 0) is 6.42 Å². The second-order valence-electron chi connectivity index (χ2n) is 1.78. The van der Waals surface area contributed by atoms with Crippen LogP contribution in [0.5, 0.6) is 0 Å². The zero-order valence-corrected chi connectivity index (χ0v) is 5.97. The number of ether oxygens (including phenoxy) is 1. The van der Waals surface area contributed by atoms with Gasteiger partial charge in [0.05, 0.1) is 6.61 Å². The van der Waals surface area contributed by atoms with E-state index >= 15 is 0 Å². The topological polar surface area (TPSA) is 35.2 Å². The molecule has 0 amide bonds. The van der Waals surface area contributed by atoms with Gasteiger partial charge in [-0.15, -0.1) is 0 Å². The molecule has 0 unspecified atom stereocenters. The first-order valence-corrected chi connectivity index (χ1v) is 3.34. The van der Waals surface area contributed by atoms with Crippen LogP contribution in [0.15, 0.2) is 12.2 Å². The first kappa shape index (κ1) is 8.66. The Balaban J connectivity index is 2.82. The second kappa shape index (κ2) is 7.66. The van der Waals surface area contributed by atoms with Crippen LogP contribution < -0.4 is 5.73 Å². The average molecular weight is 129 g/mol. The van der Waals surface area contributed by atoms with Gasteiger partial charge in [0, 0.05) is 13.2 Å². The van der Waals surface area contributed by atoms with E-state index in [4.69, 9.17) is 10.5 Å². The van der Waals surface area contributed by atoms with E-state index in [1.807, 2.05) is 12.2 Å². The zero-order valence-electron chi connectivity index (χ0n) is 5.97. The van der Waals surface area contributed by atoms with Crippen molar-refractivity contribution in [2.75, 3.05) is 19.8 Å². The summed E-state index contributed by atoms with van der Waals surface area (Å²) < 4.78 is 5.14. The Morgan fingerprint density at radius 3 is 2.78 bits per heavy atom. The minimum Gasteiger partial charge on any atom is -0.377 e. The van der Waals surface area contributed by atoms with Crippen LogP contribution in [0.3, 0.4) is 0 Å². The molecular weight excluding hydrogens is 114 g/mol. The van der Waals surface area contributed by atoms with Crippen molar-refractivity contribution in [3.8, 4) is 0 Å². The van der Waals surface area contributed by atoms with Gasteiger partial charge in [0.25, 0.3) is 0 Å². The summed E-state index contributed by atoms with van der Waals surface area (Å²) in [5.74, 6) is 0. The number of nitrogens with two attached hydrogens (primary N) is 1. The van der Waals surface area contributed by atoms with Crippen molar-refractivity contribution in [2.45, 2.75) is 13.3 Å². The SMILES string of the molecule is CCCOC/C=C/CN. The van der Waals surface area contributed by atoms with Crippen LogP contribution in [0.4, 0.5) is 0 Å². The smallest absolute Gasteiger partial charge is 0.0647 e. The summed E-state index contributed by atoms with van der Waals surface area (Å²) in [5.41, 5.74) is 5.20. The van der Waals surface area contributed by atoms with Crippen molar-refractivity contribution in [1.82, 2.24) is 0 Å². The molecule has 0 aliphatic rings. The highest BCUT2D eigenvalue weighted by molar-refractivity contribution is 4.81. The largest absolute Gasteiger partial charge is 0.377 e. The lowest BCUT2D eigenvalue weighted by atomic mass is 10.5. The van der Waals surface area contributed by atoms with Gasteiger partial charge in [0.15, 0.2) is 0 Å². The predicted octanol–water partition coefficient (Wildman–Crippen LogP) is 0.928. The van der Waals surface area contributed by atoms with Crippen molar-refractivity contribution >= 4 is 0 Å². The van der Waals surface area contributed by atoms with Gasteiger partial charge in [-0.2, -0.15) is 0 Å². The highest BCUT2D eigenvalue weighted by Crippen LogP contribution is 1.80. The summed E-state index contributed by atoms with van der Waals surface area (Å²) in [5, 5.41) is 0. The van der Waals surface area contributed by atoms with Gasteiger partial charge in [-0.3, -0.25) is 0 Å². The Labute approximate surface area is 56.7 Å². The van der Waals surface area contributed by atoms with Gasteiger partial charge in [0.1, 0.15) is 0 Å². The highest BCUT2D eigenvalue weighted by atomic mass is 16.5. The van der Waals surface area contributed by atoms with Gasteiger partial charge in [-0.1, -0.05) is 19.1 Å². The van der Waals surface area contributed by atoms with E-state index in [-0.39, 0.29) is 0 Å². The molecule has 0 aliphatic carbocycles. The maximum Gasteiger partial charge on any atom is 0.0647 e. The first-order valence-electron chi connectivity index (χ1n) is 3.34. The maximum absolute atomic E-state index is 5.20. The Kier molecular flexibility index (Phi) is 7.37. The molecule has 0 radical (unpaired) electrons. The number of hydrogen-bond donors (Lipinski definition) is 1. The van der Waals surface area contributed by atoms with Gasteiger partial charge >= 0.3 is 0 Å². The lowest BCUT2D eigenvalue weighted by molar-refractivity contribution is 0.163. The highest BCUT2D eigenvalue weighted by Gasteiger charge is 1.77. The lowest BCUT2D eigenvalue weighted by Crippen LogP contribution is -1.95. The molecule has 2 heteroatoms. The third-order valence-corrected chi connectivity index (χ3v) is 0.865. The molecule has 0 aromatic heterocycles. The van der Waals surface area contributed by atoms with Crippen molar-refractivity contribution in [3.05, 3.63) is 12.2 Å². The van der Waals surface area contributed by atoms with E-state index in [2.05, 4.69) is 6.92 Å². The lowest BCUT2D eigenvalue weighted by Gasteiger charge is -1.94. The zero-order chi connectivity index (χ0) is 6.95. The van der Waals surface area contributed by atoms with Crippen LogP contribution in [0.2, 0.25) is 0 Å². The molecule has 2 N–H and O–H groups in total. The van der Waals surface area contributed by atoms with Crippen molar-refractivity contribution in [2.24, 2.45) is 5.73 Å². The third kappa shape index (κ3) is 7.66. The molecule has 0 heterocycles.